The summed E-state index contributed by atoms with van der Waals surface area (Å²) in [5, 5.41) is 0. The Labute approximate surface area is 113 Å². The molecule has 0 saturated carbocycles. The summed E-state index contributed by atoms with van der Waals surface area (Å²) in [6, 6.07) is 1.51. The molecule has 2 heterocycles. The fraction of sp³-hybridized carbons (Fsp3) is 0.583. The molecule has 0 aromatic carbocycles. The van der Waals surface area contributed by atoms with Crippen molar-refractivity contribution in [2.75, 3.05) is 19.5 Å². The summed E-state index contributed by atoms with van der Waals surface area (Å²) < 4.78 is 20.8. The smallest absolute Gasteiger partial charge is 0.463 e. The first kappa shape index (κ1) is 15.6. The van der Waals surface area contributed by atoms with Gasteiger partial charge in [-0.05, 0) is 13.8 Å². The summed E-state index contributed by atoms with van der Waals surface area (Å²) in [7, 11) is 0.626. The lowest BCUT2D eigenvalue weighted by Gasteiger charge is -2.14. The van der Waals surface area contributed by atoms with Crippen LogP contribution in [-0.4, -0.2) is 32.4 Å². The lowest BCUT2D eigenvalue weighted by atomic mass is 9.86. The first-order valence-electron chi connectivity index (χ1n) is 6.20. The second-order valence-electron chi connectivity index (χ2n) is 4.45. The number of furan rings is 1. The van der Waals surface area contributed by atoms with E-state index in [-0.39, 0.29) is 17.0 Å². The SMILES string of the molecule is CC.COC(=O)c1oc(B2OCC(C)(C)O2)cc1N. The Bertz CT molecular complexity index is 443. The Morgan fingerprint density at radius 2 is 2.11 bits per heavy atom. The summed E-state index contributed by atoms with van der Waals surface area (Å²) in [6.45, 7) is 8.26. The van der Waals surface area contributed by atoms with E-state index in [1.165, 1.54) is 13.2 Å². The van der Waals surface area contributed by atoms with Crippen LogP contribution in [0.25, 0.3) is 0 Å². The summed E-state index contributed by atoms with van der Waals surface area (Å²) in [6.07, 6.45) is 0. The molecule has 19 heavy (non-hydrogen) atoms. The third kappa shape index (κ3) is 3.51. The first-order chi connectivity index (χ1) is 8.93. The summed E-state index contributed by atoms with van der Waals surface area (Å²) >= 11 is 0. The molecule has 1 aliphatic heterocycles. The maximum atomic E-state index is 11.3. The van der Waals surface area contributed by atoms with Crippen LogP contribution in [0.5, 0.6) is 0 Å². The van der Waals surface area contributed by atoms with Gasteiger partial charge in [-0.15, -0.1) is 0 Å². The monoisotopic (exact) mass is 269 g/mol. The molecule has 7 heteroatoms. The van der Waals surface area contributed by atoms with Gasteiger partial charge < -0.3 is 24.2 Å². The molecule has 0 spiro atoms. The average molecular weight is 269 g/mol. The van der Waals surface area contributed by atoms with Gasteiger partial charge in [0.05, 0.1) is 25.0 Å². The van der Waals surface area contributed by atoms with Gasteiger partial charge in [-0.3, -0.25) is 0 Å². The summed E-state index contributed by atoms with van der Waals surface area (Å²) in [5.74, 6) is -0.648. The number of ether oxygens (including phenoxy) is 1. The molecule has 0 radical (unpaired) electrons. The molecule has 0 aliphatic carbocycles. The minimum Gasteiger partial charge on any atom is -0.463 e. The van der Waals surface area contributed by atoms with Gasteiger partial charge in [0.1, 0.15) is 5.66 Å². The topological polar surface area (TPSA) is 83.9 Å². The van der Waals surface area contributed by atoms with Gasteiger partial charge in [-0.2, -0.15) is 0 Å². The molecule has 0 atom stereocenters. The molecule has 0 unspecified atom stereocenters. The number of carbonyl (C=O) groups is 1. The van der Waals surface area contributed by atoms with Crippen LogP contribution in [0.1, 0.15) is 38.2 Å². The number of anilines is 1. The molecule has 0 amide bonds. The van der Waals surface area contributed by atoms with Crippen molar-refractivity contribution >= 4 is 24.4 Å². The molecule has 1 saturated heterocycles. The number of rotatable bonds is 2. The van der Waals surface area contributed by atoms with Gasteiger partial charge in [0.2, 0.25) is 5.76 Å². The average Bonchev–Trinajstić information content (AvgIpc) is 2.94. The van der Waals surface area contributed by atoms with Crippen molar-refractivity contribution in [1.82, 2.24) is 0 Å². The number of carbonyl (C=O) groups excluding carboxylic acids is 1. The normalized spacial score (nSPS) is 16.8. The fourth-order valence-electron chi connectivity index (χ4n) is 1.57. The summed E-state index contributed by atoms with van der Waals surface area (Å²) in [4.78, 5) is 11.3. The Hall–Kier alpha value is -1.47. The maximum Gasteiger partial charge on any atom is 0.532 e. The number of nitrogen functional groups attached to an aromatic ring is 1. The van der Waals surface area contributed by atoms with E-state index in [4.69, 9.17) is 19.5 Å². The molecule has 1 aliphatic rings. The van der Waals surface area contributed by atoms with Gasteiger partial charge in [0.15, 0.2) is 0 Å². The highest BCUT2D eigenvalue weighted by molar-refractivity contribution is 6.60. The molecule has 1 aromatic rings. The number of hydrogen-bond donors (Lipinski definition) is 1. The molecule has 0 bridgehead atoms. The second-order valence-corrected chi connectivity index (χ2v) is 4.45. The van der Waals surface area contributed by atoms with E-state index in [0.717, 1.165) is 0 Å². The highest BCUT2D eigenvalue weighted by Gasteiger charge is 2.41. The molecular formula is C12H20BNO5. The van der Waals surface area contributed by atoms with Crippen molar-refractivity contribution in [2.24, 2.45) is 0 Å². The van der Waals surface area contributed by atoms with Gasteiger partial charge in [0, 0.05) is 6.07 Å². The molecule has 106 valence electrons. The zero-order chi connectivity index (χ0) is 14.6. The Balaban J connectivity index is 0.000000861. The molecule has 6 nitrogen and oxygen atoms in total. The van der Waals surface area contributed by atoms with Crippen LogP contribution in [0.2, 0.25) is 0 Å². The van der Waals surface area contributed by atoms with E-state index in [1.807, 2.05) is 27.7 Å². The number of esters is 1. The van der Waals surface area contributed by atoms with E-state index < -0.39 is 13.1 Å². The van der Waals surface area contributed by atoms with Crippen molar-refractivity contribution in [3.05, 3.63) is 11.8 Å². The minimum absolute atomic E-state index is 0.0283. The van der Waals surface area contributed by atoms with Crippen molar-refractivity contribution in [3.63, 3.8) is 0 Å². The van der Waals surface area contributed by atoms with E-state index in [0.29, 0.717) is 12.3 Å². The van der Waals surface area contributed by atoms with E-state index in [1.54, 1.807) is 0 Å². The van der Waals surface area contributed by atoms with Gasteiger partial charge in [-0.25, -0.2) is 4.79 Å². The van der Waals surface area contributed by atoms with Crippen molar-refractivity contribution < 1.29 is 23.3 Å². The predicted octanol–water partition coefficient (Wildman–Crippen LogP) is 1.20. The molecule has 2 N–H and O–H groups in total. The quantitative estimate of drug-likeness (QED) is 0.641. The second kappa shape index (κ2) is 6.12. The van der Waals surface area contributed by atoms with E-state index in [9.17, 15) is 4.79 Å². The van der Waals surface area contributed by atoms with Crippen LogP contribution >= 0.6 is 0 Å². The number of nitrogens with two attached hydrogens (primary N) is 1. The number of hydrogen-bond acceptors (Lipinski definition) is 6. The van der Waals surface area contributed by atoms with Crippen LogP contribution in [0.3, 0.4) is 0 Å². The van der Waals surface area contributed by atoms with E-state index >= 15 is 0 Å². The number of methoxy groups -OCH3 is 1. The maximum absolute atomic E-state index is 11.3. The third-order valence-electron chi connectivity index (χ3n) is 2.39. The Morgan fingerprint density at radius 1 is 1.47 bits per heavy atom. The molecular weight excluding hydrogens is 249 g/mol. The van der Waals surface area contributed by atoms with Crippen molar-refractivity contribution in [2.45, 2.75) is 33.3 Å². The van der Waals surface area contributed by atoms with Gasteiger partial charge in [0.25, 0.3) is 0 Å². The van der Waals surface area contributed by atoms with Crippen LogP contribution in [0.4, 0.5) is 5.69 Å². The molecule has 1 aromatic heterocycles. The van der Waals surface area contributed by atoms with Crippen LogP contribution in [-0.2, 0) is 14.0 Å². The van der Waals surface area contributed by atoms with E-state index in [2.05, 4.69) is 4.74 Å². The molecule has 1 fully saturated rings. The highest BCUT2D eigenvalue weighted by atomic mass is 16.7. The third-order valence-corrected chi connectivity index (χ3v) is 2.39. The van der Waals surface area contributed by atoms with Gasteiger partial charge >= 0.3 is 13.1 Å². The largest absolute Gasteiger partial charge is 0.532 e. The highest BCUT2D eigenvalue weighted by Crippen LogP contribution is 2.21. The standard InChI is InChI=1S/C10H14BNO5.C2H6/c1-10(2)5-15-11(17-10)7-4-6(12)8(16-7)9(13)14-3;1-2/h4H,5,12H2,1-3H3;1-2H3. The Morgan fingerprint density at radius 3 is 2.58 bits per heavy atom. The van der Waals surface area contributed by atoms with Crippen LogP contribution < -0.4 is 11.4 Å². The van der Waals surface area contributed by atoms with Gasteiger partial charge in [-0.1, -0.05) is 13.8 Å². The minimum atomic E-state index is -0.634. The van der Waals surface area contributed by atoms with Crippen molar-refractivity contribution in [1.29, 1.82) is 0 Å². The lowest BCUT2D eigenvalue weighted by molar-refractivity contribution is 0.0568. The molecule has 2 rings (SSSR count). The van der Waals surface area contributed by atoms with Crippen LogP contribution in [0, 0.1) is 0 Å². The zero-order valence-electron chi connectivity index (χ0n) is 12.0. The predicted molar refractivity (Wildman–Crippen MR) is 72.3 cm³/mol. The Kier molecular flexibility index (Phi) is 5.02. The van der Waals surface area contributed by atoms with Crippen molar-refractivity contribution in [3.8, 4) is 0 Å². The lowest BCUT2D eigenvalue weighted by Crippen LogP contribution is -2.33. The fourth-order valence-corrected chi connectivity index (χ4v) is 1.57. The first-order valence-corrected chi connectivity index (χ1v) is 6.20. The van der Waals surface area contributed by atoms with Crippen LogP contribution in [0.15, 0.2) is 10.5 Å². The zero-order valence-corrected chi connectivity index (χ0v) is 12.0. The summed E-state index contributed by atoms with van der Waals surface area (Å²) in [5.41, 5.74) is 5.85.